The first kappa shape index (κ1) is 49.1. The quantitative estimate of drug-likeness (QED) is 0.0909. The van der Waals surface area contributed by atoms with Crippen molar-refractivity contribution in [2.75, 3.05) is 49.1 Å². The summed E-state index contributed by atoms with van der Waals surface area (Å²) in [5.74, 6) is 1.35. The van der Waals surface area contributed by atoms with Gasteiger partial charge in [0.25, 0.3) is 0 Å². The Morgan fingerprint density at radius 3 is 2.44 bits per heavy atom. The molecule has 390 valence electrons. The van der Waals surface area contributed by atoms with Crippen molar-refractivity contribution in [1.29, 1.82) is 0 Å². The summed E-state index contributed by atoms with van der Waals surface area (Å²) in [6.07, 6.45) is 11.3. The van der Waals surface area contributed by atoms with Crippen LogP contribution in [0, 0.1) is 18.3 Å². The number of aryl methyl sites for hydroxylation is 1. The summed E-state index contributed by atoms with van der Waals surface area (Å²) in [4.78, 5) is 55.7. The van der Waals surface area contributed by atoms with E-state index in [0.29, 0.717) is 35.5 Å². The van der Waals surface area contributed by atoms with Gasteiger partial charge in [0.1, 0.15) is 17.7 Å². The van der Waals surface area contributed by atoms with E-state index in [2.05, 4.69) is 64.7 Å². The fourth-order valence-corrected chi connectivity index (χ4v) is 13.8. The molecule has 18 heteroatoms. The molecule has 0 bridgehead atoms. The molecule has 5 aliphatic rings. The number of aromatic amines is 1. The van der Waals surface area contributed by atoms with Gasteiger partial charge >= 0.3 is 0 Å². The van der Waals surface area contributed by atoms with Crippen LogP contribution >= 0.6 is 11.3 Å². The summed E-state index contributed by atoms with van der Waals surface area (Å²) >= 11 is 1.60. The zero-order valence-electron chi connectivity index (χ0n) is 43.2. The van der Waals surface area contributed by atoms with Crippen molar-refractivity contribution in [3.05, 3.63) is 112 Å². The molecule has 3 saturated heterocycles. The number of aliphatic hydroxyl groups is 1. The number of amides is 2. The molecule has 4 N–H and O–H groups in total. The van der Waals surface area contributed by atoms with Crippen LogP contribution in [0.5, 0.6) is 5.75 Å². The fraction of sp³-hybridized carbons (Fsp3) is 0.474. The van der Waals surface area contributed by atoms with Crippen LogP contribution in [0.4, 0.5) is 11.8 Å². The van der Waals surface area contributed by atoms with Gasteiger partial charge in [-0.2, -0.15) is 0 Å². The van der Waals surface area contributed by atoms with Gasteiger partial charge in [-0.05, 0) is 112 Å². The van der Waals surface area contributed by atoms with Crippen molar-refractivity contribution in [2.24, 2.45) is 11.3 Å². The number of aromatic nitrogens is 7. The van der Waals surface area contributed by atoms with E-state index in [0.717, 1.165) is 102 Å². The zero-order valence-corrected chi connectivity index (χ0v) is 44.0. The van der Waals surface area contributed by atoms with Crippen LogP contribution in [0.2, 0.25) is 0 Å². The first-order chi connectivity index (χ1) is 36.4. The molecule has 1 spiro atoms. The van der Waals surface area contributed by atoms with Crippen LogP contribution in [-0.4, -0.2) is 125 Å². The van der Waals surface area contributed by atoms with E-state index in [9.17, 15) is 19.8 Å². The van der Waals surface area contributed by atoms with Crippen molar-refractivity contribution in [2.45, 2.75) is 122 Å². The van der Waals surface area contributed by atoms with Crippen LogP contribution in [0.1, 0.15) is 117 Å². The van der Waals surface area contributed by atoms with E-state index in [1.54, 1.807) is 23.5 Å². The van der Waals surface area contributed by atoms with Gasteiger partial charge in [-0.15, -0.1) is 21.5 Å². The number of para-hydroxylation sites is 1. The molecule has 9 heterocycles. The molecule has 5 aromatic heterocycles. The minimum absolute atomic E-state index is 0.0287. The minimum atomic E-state index is -0.790. The molecule has 4 fully saturated rings. The minimum Gasteiger partial charge on any atom is -0.507 e. The highest BCUT2D eigenvalue weighted by atomic mass is 32.1. The highest BCUT2D eigenvalue weighted by molar-refractivity contribution is 7.13. The second kappa shape index (κ2) is 20.1. The van der Waals surface area contributed by atoms with E-state index in [1.165, 1.54) is 41.7 Å². The van der Waals surface area contributed by atoms with Crippen molar-refractivity contribution in [3.63, 3.8) is 0 Å². The first-order valence-electron chi connectivity index (χ1n) is 26.8. The summed E-state index contributed by atoms with van der Waals surface area (Å²) in [6.45, 7) is 13.4. The van der Waals surface area contributed by atoms with Gasteiger partial charge in [-0.25, -0.2) is 15.0 Å². The Kier molecular flexibility index (Phi) is 13.1. The normalized spacial score (nSPS) is 21.7. The molecule has 1 aliphatic carbocycles. The number of aliphatic hydroxyl groups excluding tert-OH is 1. The second-order valence-electron chi connectivity index (χ2n) is 22.2. The van der Waals surface area contributed by atoms with Crippen molar-refractivity contribution in [1.82, 2.24) is 50.4 Å². The lowest BCUT2D eigenvalue weighted by atomic mass is 9.67. The average Bonchev–Trinajstić information content (AvgIpc) is 4.24. The molecule has 2 aromatic carbocycles. The Labute approximate surface area is 440 Å². The zero-order chi connectivity index (χ0) is 51.5. The van der Waals surface area contributed by atoms with E-state index in [-0.39, 0.29) is 47.9 Å². The number of likely N-dealkylation sites (tertiary alicyclic amines) is 2. The SMILES string of the molecule is Cc1ncsc1-c1ccc(CNC(=O)[C@@H]2C[C@@H](O)CN2C(=O)[C@@H](c2cc(N3CC4(CCC(N5CCC(c6cnc(N7CCc8[nH]c9nnc(-c%10ccccc%10O)cc9c8[C@H]7C)nc6)CC5)CC4)C3)no2)C(C)C)cc1. The number of aromatic hydroxyl groups is 1. The number of carbonyl (C=O) groups is 2. The van der Waals surface area contributed by atoms with Crippen LogP contribution < -0.4 is 15.1 Å². The largest absolute Gasteiger partial charge is 0.507 e. The number of nitrogens with zero attached hydrogens (tertiary/aromatic N) is 10. The molecule has 12 rings (SSSR count). The molecule has 4 aliphatic heterocycles. The summed E-state index contributed by atoms with van der Waals surface area (Å²) in [5, 5.41) is 38.7. The molecule has 2 amide bonds. The topological polar surface area (TPSA) is 206 Å². The number of phenolic OH excluding ortho intramolecular Hbond substituents is 1. The third kappa shape index (κ3) is 9.43. The van der Waals surface area contributed by atoms with E-state index < -0.39 is 18.1 Å². The van der Waals surface area contributed by atoms with Gasteiger partial charge in [0, 0.05) is 97.7 Å². The Bertz CT molecular complexity index is 3180. The summed E-state index contributed by atoms with van der Waals surface area (Å²) in [5.41, 5.74) is 10.7. The third-order valence-electron chi connectivity index (χ3n) is 17.2. The first-order valence-corrected chi connectivity index (χ1v) is 27.7. The molecular weight excluding hydrogens is 965 g/mol. The van der Waals surface area contributed by atoms with Gasteiger partial charge in [0.15, 0.2) is 17.2 Å². The standard InChI is InChI=1S/C57H66N12O5S/c1-33(2)50(55(73)69-29-41(70)23-46(69)54(72)58-26-36-9-11-38(12-10-36)52-34(3)61-32-75-52)48-25-49(65-74-48)67-30-57(31-67)18-13-40(14-19-57)66-20-15-37(16-21-66)39-27-59-56(60-28-39)68-22-17-44-51(35(68)4)43-24-45(63-64-53(43)62-44)42-7-5-6-8-47(42)71/h5-12,24-25,27-28,32-33,35,37,40-41,46,50,70-71H,13-23,26,29-31H2,1-4H3,(H,58,72)(H,62,64)/t35-,41-,46+,50-/m1/s1. The van der Waals surface area contributed by atoms with E-state index in [1.807, 2.05) is 74.8 Å². The molecule has 1 saturated carbocycles. The highest BCUT2D eigenvalue weighted by Gasteiger charge is 2.48. The molecular formula is C57H66N12O5S. The molecule has 7 aromatic rings. The Balaban J connectivity index is 0.611. The summed E-state index contributed by atoms with van der Waals surface area (Å²) in [7, 11) is 0. The highest BCUT2D eigenvalue weighted by Crippen LogP contribution is 2.48. The molecule has 0 radical (unpaired) electrons. The number of β-amino-alcohol motifs (C(OH)–C–C–N with tert-alkyl or cyclic N) is 1. The summed E-state index contributed by atoms with van der Waals surface area (Å²) in [6, 6.07) is 19.1. The lowest BCUT2D eigenvalue weighted by Gasteiger charge is -2.54. The average molecular weight is 1030 g/mol. The number of piperidine rings is 1. The number of anilines is 2. The molecule has 0 unspecified atom stereocenters. The predicted octanol–water partition coefficient (Wildman–Crippen LogP) is 8.31. The van der Waals surface area contributed by atoms with Gasteiger partial charge < -0.3 is 44.6 Å². The lowest BCUT2D eigenvalue weighted by molar-refractivity contribution is -0.141. The number of hydrogen-bond donors (Lipinski definition) is 4. The molecule has 75 heavy (non-hydrogen) atoms. The van der Waals surface area contributed by atoms with Crippen molar-refractivity contribution >= 4 is 46.0 Å². The van der Waals surface area contributed by atoms with Crippen molar-refractivity contribution in [3.8, 4) is 27.4 Å². The van der Waals surface area contributed by atoms with Gasteiger partial charge in [-0.1, -0.05) is 55.4 Å². The van der Waals surface area contributed by atoms with Crippen LogP contribution in [0.3, 0.4) is 0 Å². The monoisotopic (exact) mass is 1030 g/mol. The maximum atomic E-state index is 14.3. The summed E-state index contributed by atoms with van der Waals surface area (Å²) < 4.78 is 5.95. The van der Waals surface area contributed by atoms with Crippen LogP contribution in [0.25, 0.3) is 32.7 Å². The molecule has 4 atom stereocenters. The smallest absolute Gasteiger partial charge is 0.243 e. The maximum Gasteiger partial charge on any atom is 0.243 e. The van der Waals surface area contributed by atoms with E-state index >= 15 is 0 Å². The second-order valence-corrected chi connectivity index (χ2v) is 23.1. The number of carbonyl (C=O) groups excluding carboxylic acids is 2. The Morgan fingerprint density at radius 2 is 1.72 bits per heavy atom. The number of phenols is 1. The van der Waals surface area contributed by atoms with Gasteiger partial charge in [0.2, 0.25) is 17.8 Å². The fourth-order valence-electron chi connectivity index (χ4n) is 13.0. The Hall–Kier alpha value is -6.76. The van der Waals surface area contributed by atoms with Crippen molar-refractivity contribution < 1.29 is 24.3 Å². The number of rotatable bonds is 12. The number of benzene rings is 2. The van der Waals surface area contributed by atoms with Gasteiger partial charge in [-0.3, -0.25) is 9.59 Å². The number of thiazole rings is 1. The number of nitrogens with one attached hydrogen (secondary N) is 2. The Morgan fingerprint density at radius 1 is 0.960 bits per heavy atom. The third-order valence-corrected chi connectivity index (χ3v) is 18.2. The lowest BCUT2D eigenvalue weighted by Crippen LogP contribution is -2.59. The molecule has 17 nitrogen and oxygen atoms in total. The predicted molar refractivity (Wildman–Crippen MR) is 287 cm³/mol. The number of hydrogen-bond acceptors (Lipinski definition) is 15. The number of fused-ring (bicyclic) bond motifs is 3. The van der Waals surface area contributed by atoms with E-state index in [4.69, 9.17) is 14.5 Å². The number of H-pyrrole nitrogens is 1. The maximum absolute atomic E-state index is 14.3. The van der Waals surface area contributed by atoms with Crippen LogP contribution in [0.15, 0.2) is 83.1 Å². The van der Waals surface area contributed by atoms with Crippen LogP contribution in [-0.2, 0) is 22.6 Å². The van der Waals surface area contributed by atoms with Gasteiger partial charge in [0.05, 0.1) is 33.9 Å².